The standard InChI is InChI=1S/C11H16NO/c1-4-5-9-6-7-12-10(8-9)11(2,3)13/h5-8,13H,4H2,1-3H3. The fraction of sp³-hybridized carbons (Fsp3) is 0.455. The molecule has 1 heterocycles. The average Bonchev–Trinajstić information content (AvgIpc) is 2.04. The molecular weight excluding hydrogens is 162 g/mol. The highest BCUT2D eigenvalue weighted by molar-refractivity contribution is 5.25. The summed E-state index contributed by atoms with van der Waals surface area (Å²) < 4.78 is 0. The zero-order chi connectivity index (χ0) is 9.90. The van der Waals surface area contributed by atoms with Gasteiger partial charge in [-0.1, -0.05) is 6.92 Å². The third-order valence-electron chi connectivity index (χ3n) is 1.85. The summed E-state index contributed by atoms with van der Waals surface area (Å²) in [5.74, 6) is 0. The largest absolute Gasteiger partial charge is 0.384 e. The van der Waals surface area contributed by atoms with Crippen molar-refractivity contribution in [2.24, 2.45) is 0 Å². The summed E-state index contributed by atoms with van der Waals surface area (Å²) in [6, 6.07) is 3.86. The van der Waals surface area contributed by atoms with Gasteiger partial charge in [0, 0.05) is 6.20 Å². The van der Waals surface area contributed by atoms with Gasteiger partial charge < -0.3 is 5.11 Å². The lowest BCUT2D eigenvalue weighted by molar-refractivity contribution is 0.0738. The summed E-state index contributed by atoms with van der Waals surface area (Å²) in [7, 11) is 0. The second-order valence-corrected chi connectivity index (χ2v) is 3.65. The Morgan fingerprint density at radius 2 is 2.23 bits per heavy atom. The van der Waals surface area contributed by atoms with E-state index in [-0.39, 0.29) is 0 Å². The quantitative estimate of drug-likeness (QED) is 0.770. The summed E-state index contributed by atoms with van der Waals surface area (Å²) in [4.78, 5) is 4.12. The van der Waals surface area contributed by atoms with Gasteiger partial charge in [0.2, 0.25) is 0 Å². The molecule has 0 aromatic carbocycles. The minimum atomic E-state index is -0.850. The first-order chi connectivity index (χ1) is 6.04. The molecule has 0 saturated carbocycles. The van der Waals surface area contributed by atoms with E-state index in [1.807, 2.05) is 12.1 Å². The number of pyridine rings is 1. The van der Waals surface area contributed by atoms with Crippen LogP contribution in [0.15, 0.2) is 18.3 Å². The molecule has 1 N–H and O–H groups in total. The van der Waals surface area contributed by atoms with E-state index in [4.69, 9.17) is 0 Å². The third kappa shape index (κ3) is 2.81. The zero-order valence-corrected chi connectivity index (χ0v) is 8.41. The lowest BCUT2D eigenvalue weighted by Crippen LogP contribution is -2.17. The van der Waals surface area contributed by atoms with Crippen molar-refractivity contribution in [1.82, 2.24) is 4.98 Å². The second-order valence-electron chi connectivity index (χ2n) is 3.65. The summed E-state index contributed by atoms with van der Waals surface area (Å²) in [6.07, 6.45) is 4.83. The number of hydrogen-bond acceptors (Lipinski definition) is 2. The lowest BCUT2D eigenvalue weighted by atomic mass is 10.0. The van der Waals surface area contributed by atoms with E-state index < -0.39 is 5.60 Å². The molecule has 0 fully saturated rings. The van der Waals surface area contributed by atoms with Crippen molar-refractivity contribution in [3.05, 3.63) is 36.0 Å². The van der Waals surface area contributed by atoms with E-state index in [1.165, 1.54) is 0 Å². The number of rotatable bonds is 3. The molecule has 0 atom stereocenters. The van der Waals surface area contributed by atoms with Crippen molar-refractivity contribution in [3.63, 3.8) is 0 Å². The molecule has 0 saturated heterocycles. The molecule has 0 unspecified atom stereocenters. The van der Waals surface area contributed by atoms with Crippen molar-refractivity contribution in [2.75, 3.05) is 0 Å². The number of hydrogen-bond donors (Lipinski definition) is 1. The van der Waals surface area contributed by atoms with E-state index in [0.29, 0.717) is 0 Å². The molecule has 0 aliphatic heterocycles. The Morgan fingerprint density at radius 3 is 2.77 bits per heavy atom. The van der Waals surface area contributed by atoms with Gasteiger partial charge in [-0.05, 0) is 44.4 Å². The first kappa shape index (κ1) is 10.2. The van der Waals surface area contributed by atoms with Gasteiger partial charge in [-0.3, -0.25) is 4.98 Å². The number of aromatic nitrogens is 1. The normalized spacial score (nSPS) is 11.7. The highest BCUT2D eigenvalue weighted by Gasteiger charge is 2.17. The van der Waals surface area contributed by atoms with Crippen LogP contribution in [0.5, 0.6) is 0 Å². The van der Waals surface area contributed by atoms with Crippen molar-refractivity contribution >= 4 is 0 Å². The summed E-state index contributed by atoms with van der Waals surface area (Å²) in [6.45, 7) is 5.57. The third-order valence-corrected chi connectivity index (χ3v) is 1.85. The van der Waals surface area contributed by atoms with E-state index in [9.17, 15) is 5.11 Å². The highest BCUT2D eigenvalue weighted by Crippen LogP contribution is 2.18. The Balaban J connectivity index is 2.92. The maximum absolute atomic E-state index is 9.71. The monoisotopic (exact) mass is 178 g/mol. The summed E-state index contributed by atoms with van der Waals surface area (Å²) >= 11 is 0. The molecule has 0 aliphatic carbocycles. The van der Waals surface area contributed by atoms with Crippen molar-refractivity contribution in [1.29, 1.82) is 0 Å². The molecule has 2 heteroatoms. The minimum Gasteiger partial charge on any atom is -0.384 e. The molecule has 1 aromatic heterocycles. The van der Waals surface area contributed by atoms with E-state index in [2.05, 4.69) is 18.3 Å². The fourth-order valence-corrected chi connectivity index (χ4v) is 1.14. The lowest BCUT2D eigenvalue weighted by Gasteiger charge is -2.16. The van der Waals surface area contributed by atoms with Crippen LogP contribution in [0.1, 0.15) is 38.4 Å². The van der Waals surface area contributed by atoms with Crippen LogP contribution < -0.4 is 0 Å². The molecule has 0 aliphatic rings. The maximum atomic E-state index is 9.71. The van der Waals surface area contributed by atoms with Crippen LogP contribution >= 0.6 is 0 Å². The molecule has 71 valence electrons. The molecule has 0 spiro atoms. The first-order valence-corrected chi connectivity index (χ1v) is 4.56. The predicted octanol–water partition coefficient (Wildman–Crippen LogP) is 2.27. The molecular formula is C11H16NO. The van der Waals surface area contributed by atoms with Crippen LogP contribution in [-0.2, 0) is 5.60 Å². The molecule has 1 aromatic rings. The zero-order valence-electron chi connectivity index (χ0n) is 8.41. The Bertz CT molecular complexity index is 276. The van der Waals surface area contributed by atoms with E-state index >= 15 is 0 Å². The second kappa shape index (κ2) is 3.88. The fourth-order valence-electron chi connectivity index (χ4n) is 1.14. The molecule has 1 radical (unpaired) electrons. The Morgan fingerprint density at radius 1 is 1.54 bits per heavy atom. The molecule has 0 amide bonds. The van der Waals surface area contributed by atoms with Crippen molar-refractivity contribution < 1.29 is 5.11 Å². The highest BCUT2D eigenvalue weighted by atomic mass is 16.3. The van der Waals surface area contributed by atoms with Gasteiger partial charge in [-0.2, -0.15) is 0 Å². The Kier molecular flexibility index (Phi) is 3.04. The van der Waals surface area contributed by atoms with Crippen LogP contribution in [0.4, 0.5) is 0 Å². The predicted molar refractivity (Wildman–Crippen MR) is 53.2 cm³/mol. The minimum absolute atomic E-state index is 0.717. The van der Waals surface area contributed by atoms with Gasteiger partial charge >= 0.3 is 0 Å². The van der Waals surface area contributed by atoms with Crippen LogP contribution in [0, 0.1) is 6.42 Å². The van der Waals surface area contributed by atoms with Crippen LogP contribution in [0.25, 0.3) is 0 Å². The topological polar surface area (TPSA) is 33.1 Å². The van der Waals surface area contributed by atoms with Gasteiger partial charge in [0.05, 0.1) is 5.69 Å². The summed E-state index contributed by atoms with van der Waals surface area (Å²) in [5, 5.41) is 9.71. The Hall–Kier alpha value is -0.890. The molecule has 13 heavy (non-hydrogen) atoms. The average molecular weight is 178 g/mol. The molecule has 1 rings (SSSR count). The van der Waals surface area contributed by atoms with Crippen LogP contribution in [-0.4, -0.2) is 10.1 Å². The Labute approximate surface area is 79.6 Å². The smallest absolute Gasteiger partial charge is 0.101 e. The first-order valence-electron chi connectivity index (χ1n) is 4.56. The van der Waals surface area contributed by atoms with Gasteiger partial charge in [-0.25, -0.2) is 0 Å². The maximum Gasteiger partial charge on any atom is 0.101 e. The van der Waals surface area contributed by atoms with Gasteiger partial charge in [-0.15, -0.1) is 0 Å². The summed E-state index contributed by atoms with van der Waals surface area (Å²) in [5.41, 5.74) is 0.988. The van der Waals surface area contributed by atoms with Crippen LogP contribution in [0.3, 0.4) is 0 Å². The van der Waals surface area contributed by atoms with Gasteiger partial charge in [0.15, 0.2) is 0 Å². The van der Waals surface area contributed by atoms with Gasteiger partial charge in [0.1, 0.15) is 5.60 Å². The number of nitrogens with zero attached hydrogens (tertiary/aromatic N) is 1. The molecule has 2 nitrogen and oxygen atoms in total. The van der Waals surface area contributed by atoms with Gasteiger partial charge in [0.25, 0.3) is 0 Å². The van der Waals surface area contributed by atoms with Crippen LogP contribution in [0.2, 0.25) is 0 Å². The van der Waals surface area contributed by atoms with E-state index in [0.717, 1.165) is 17.7 Å². The SMILES string of the molecule is CC[CH]c1ccnc(C(C)(C)O)c1. The van der Waals surface area contributed by atoms with Crippen molar-refractivity contribution in [2.45, 2.75) is 32.8 Å². The van der Waals surface area contributed by atoms with E-state index in [1.54, 1.807) is 20.0 Å². The number of aliphatic hydroxyl groups is 1. The molecule has 0 bridgehead atoms. The van der Waals surface area contributed by atoms with Crippen molar-refractivity contribution in [3.8, 4) is 0 Å².